The van der Waals surface area contributed by atoms with Gasteiger partial charge in [0.15, 0.2) is 5.82 Å². The molecule has 2 aromatic rings. The highest BCUT2D eigenvalue weighted by Gasteiger charge is 2.05. The number of nitrogens with zero attached hydrogens (tertiary/aromatic N) is 3. The molecule has 1 aromatic carbocycles. The van der Waals surface area contributed by atoms with Crippen LogP contribution in [0.1, 0.15) is 10.4 Å². The molecule has 0 aliphatic carbocycles. The van der Waals surface area contributed by atoms with Crippen LogP contribution in [0.2, 0.25) is 0 Å². The second-order valence-electron chi connectivity index (χ2n) is 3.16. The number of hydrogen-bond donors (Lipinski definition) is 1. The lowest BCUT2D eigenvalue weighted by atomic mass is 10.1. The van der Waals surface area contributed by atoms with Crippen LogP contribution in [0.4, 0.5) is 5.95 Å². The zero-order chi connectivity index (χ0) is 10.8. The number of anilines is 1. The lowest BCUT2D eigenvalue weighted by molar-refractivity contribution is 0.112. The number of nitrogen functional groups attached to an aromatic ring is 1. The molecule has 2 rings (SSSR count). The number of rotatable bonds is 2. The summed E-state index contributed by atoms with van der Waals surface area (Å²) in [4.78, 5) is 14.5. The molecular weight excluding hydrogens is 192 g/mol. The topological polar surface area (TPSA) is 73.8 Å². The van der Waals surface area contributed by atoms with E-state index in [4.69, 9.17) is 5.73 Å². The van der Waals surface area contributed by atoms with Crippen molar-refractivity contribution in [1.29, 1.82) is 0 Å². The third kappa shape index (κ3) is 1.71. The Bertz CT molecular complexity index is 467. The fraction of sp³-hybridized carbons (Fsp3) is 0.100. The lowest BCUT2D eigenvalue weighted by Crippen LogP contribution is -1.97. The second-order valence-corrected chi connectivity index (χ2v) is 3.16. The van der Waals surface area contributed by atoms with Crippen molar-refractivity contribution < 1.29 is 4.79 Å². The van der Waals surface area contributed by atoms with Crippen molar-refractivity contribution in [2.45, 2.75) is 0 Å². The number of benzene rings is 1. The zero-order valence-corrected chi connectivity index (χ0v) is 8.21. The smallest absolute Gasteiger partial charge is 0.218 e. The van der Waals surface area contributed by atoms with Gasteiger partial charge >= 0.3 is 0 Å². The Kier molecular flexibility index (Phi) is 2.21. The molecule has 0 fully saturated rings. The van der Waals surface area contributed by atoms with Gasteiger partial charge in [0, 0.05) is 18.2 Å². The summed E-state index contributed by atoms with van der Waals surface area (Å²) in [6.07, 6.45) is 0.796. The van der Waals surface area contributed by atoms with Crippen molar-refractivity contribution in [3.8, 4) is 11.4 Å². The molecule has 0 amide bonds. The molecule has 1 aromatic heterocycles. The molecule has 0 aliphatic rings. The van der Waals surface area contributed by atoms with Crippen LogP contribution >= 0.6 is 0 Å². The van der Waals surface area contributed by atoms with Gasteiger partial charge in [0.2, 0.25) is 5.95 Å². The van der Waals surface area contributed by atoms with Gasteiger partial charge in [0.25, 0.3) is 0 Å². The Labute approximate surface area is 86.5 Å². The molecule has 0 spiro atoms. The van der Waals surface area contributed by atoms with Gasteiger partial charge in [-0.1, -0.05) is 24.3 Å². The first kappa shape index (κ1) is 9.39. The maximum absolute atomic E-state index is 10.5. The minimum absolute atomic E-state index is 0.365. The molecular formula is C10H10N4O. The molecule has 76 valence electrons. The van der Waals surface area contributed by atoms with Crippen molar-refractivity contribution in [2.75, 3.05) is 5.73 Å². The van der Waals surface area contributed by atoms with Gasteiger partial charge in [0.05, 0.1) is 0 Å². The van der Waals surface area contributed by atoms with Crippen LogP contribution in [-0.4, -0.2) is 21.1 Å². The summed E-state index contributed by atoms with van der Waals surface area (Å²) in [6, 6.07) is 7.01. The normalized spacial score (nSPS) is 10.2. The van der Waals surface area contributed by atoms with E-state index in [1.807, 2.05) is 0 Å². The van der Waals surface area contributed by atoms with E-state index >= 15 is 0 Å². The van der Waals surface area contributed by atoms with E-state index < -0.39 is 0 Å². The minimum atomic E-state index is 0.365. The highest BCUT2D eigenvalue weighted by atomic mass is 16.1. The Morgan fingerprint density at radius 1 is 1.33 bits per heavy atom. The quantitative estimate of drug-likeness (QED) is 0.733. The van der Waals surface area contributed by atoms with E-state index in [0.717, 1.165) is 11.8 Å². The van der Waals surface area contributed by atoms with Gasteiger partial charge in [-0.2, -0.15) is 4.98 Å². The van der Waals surface area contributed by atoms with Gasteiger partial charge in [0.1, 0.15) is 6.29 Å². The summed E-state index contributed by atoms with van der Waals surface area (Å²) in [5.41, 5.74) is 7.04. The average molecular weight is 202 g/mol. The second kappa shape index (κ2) is 3.53. The summed E-state index contributed by atoms with van der Waals surface area (Å²) in [6.45, 7) is 0. The van der Waals surface area contributed by atoms with Crippen LogP contribution in [0.15, 0.2) is 24.3 Å². The van der Waals surface area contributed by atoms with Gasteiger partial charge in [-0.15, -0.1) is 5.10 Å². The number of nitrogens with two attached hydrogens (primary N) is 1. The molecule has 0 bridgehead atoms. The van der Waals surface area contributed by atoms with E-state index in [-0.39, 0.29) is 0 Å². The molecule has 2 N–H and O–H groups in total. The Morgan fingerprint density at radius 2 is 2.00 bits per heavy atom. The Morgan fingerprint density at radius 3 is 2.47 bits per heavy atom. The predicted octanol–water partition coefficient (Wildman–Crippen LogP) is 0.877. The van der Waals surface area contributed by atoms with Crippen LogP contribution in [0.5, 0.6) is 0 Å². The Balaban J connectivity index is 2.41. The number of carbonyl (C=O) groups is 1. The predicted molar refractivity (Wildman–Crippen MR) is 56.2 cm³/mol. The largest absolute Gasteiger partial charge is 0.368 e. The molecule has 0 unspecified atom stereocenters. The fourth-order valence-corrected chi connectivity index (χ4v) is 1.23. The van der Waals surface area contributed by atoms with E-state index in [9.17, 15) is 4.79 Å². The van der Waals surface area contributed by atoms with Gasteiger partial charge in [-0.3, -0.25) is 4.79 Å². The van der Waals surface area contributed by atoms with Crippen molar-refractivity contribution >= 4 is 12.2 Å². The number of hydrogen-bond acceptors (Lipinski definition) is 4. The third-order valence-corrected chi connectivity index (χ3v) is 2.10. The maximum Gasteiger partial charge on any atom is 0.218 e. The average Bonchev–Trinajstić information content (AvgIpc) is 2.59. The number of aldehydes is 1. The van der Waals surface area contributed by atoms with E-state index in [1.165, 1.54) is 4.68 Å². The summed E-state index contributed by atoms with van der Waals surface area (Å²) < 4.78 is 1.50. The number of aryl methyl sites for hydroxylation is 1. The van der Waals surface area contributed by atoms with Gasteiger partial charge in [-0.25, -0.2) is 4.68 Å². The first-order chi connectivity index (χ1) is 7.20. The first-order valence-corrected chi connectivity index (χ1v) is 4.43. The van der Waals surface area contributed by atoms with Crippen LogP contribution < -0.4 is 5.73 Å². The highest BCUT2D eigenvalue weighted by Crippen LogP contribution is 2.16. The number of carbonyl (C=O) groups excluding carboxylic acids is 1. The van der Waals surface area contributed by atoms with Crippen molar-refractivity contribution in [1.82, 2.24) is 14.8 Å². The van der Waals surface area contributed by atoms with Crippen molar-refractivity contribution in [3.63, 3.8) is 0 Å². The molecule has 0 saturated heterocycles. The first-order valence-electron chi connectivity index (χ1n) is 4.43. The van der Waals surface area contributed by atoms with Gasteiger partial charge in [-0.05, 0) is 0 Å². The van der Waals surface area contributed by atoms with Crippen molar-refractivity contribution in [3.05, 3.63) is 29.8 Å². The van der Waals surface area contributed by atoms with Crippen LogP contribution in [0.25, 0.3) is 11.4 Å². The van der Waals surface area contributed by atoms with Crippen LogP contribution in [-0.2, 0) is 7.05 Å². The van der Waals surface area contributed by atoms with Gasteiger partial charge < -0.3 is 5.73 Å². The molecule has 0 aliphatic heterocycles. The van der Waals surface area contributed by atoms with E-state index in [2.05, 4.69) is 10.1 Å². The molecule has 15 heavy (non-hydrogen) atoms. The third-order valence-electron chi connectivity index (χ3n) is 2.10. The summed E-state index contributed by atoms with van der Waals surface area (Å²) >= 11 is 0. The summed E-state index contributed by atoms with van der Waals surface area (Å²) in [5, 5.41) is 4.13. The molecule has 1 heterocycles. The monoisotopic (exact) mass is 202 g/mol. The minimum Gasteiger partial charge on any atom is -0.368 e. The standard InChI is InChI=1S/C10H10N4O/c1-14-10(11)12-9(13-14)8-4-2-7(6-15)3-5-8/h2-6H,1H3,(H2,11,12,13). The fourth-order valence-electron chi connectivity index (χ4n) is 1.23. The van der Waals surface area contributed by atoms with Crippen LogP contribution in [0.3, 0.4) is 0 Å². The maximum atomic E-state index is 10.5. The summed E-state index contributed by atoms with van der Waals surface area (Å²) in [5.74, 6) is 0.928. The molecule has 5 nitrogen and oxygen atoms in total. The van der Waals surface area contributed by atoms with E-state index in [0.29, 0.717) is 17.3 Å². The molecule has 0 radical (unpaired) electrons. The molecule has 0 atom stereocenters. The summed E-state index contributed by atoms with van der Waals surface area (Å²) in [7, 11) is 1.73. The number of aromatic nitrogens is 3. The SMILES string of the molecule is Cn1nc(-c2ccc(C=O)cc2)nc1N. The van der Waals surface area contributed by atoms with Crippen LogP contribution in [0, 0.1) is 0 Å². The highest BCUT2D eigenvalue weighted by molar-refractivity contribution is 5.76. The molecule has 5 heteroatoms. The molecule has 0 saturated carbocycles. The lowest BCUT2D eigenvalue weighted by Gasteiger charge is -1.94. The van der Waals surface area contributed by atoms with E-state index in [1.54, 1.807) is 31.3 Å². The zero-order valence-electron chi connectivity index (χ0n) is 8.21. The Hall–Kier alpha value is -2.17. The van der Waals surface area contributed by atoms with Crippen molar-refractivity contribution in [2.24, 2.45) is 7.05 Å².